The molecule has 0 aromatic carbocycles. The van der Waals surface area contributed by atoms with E-state index >= 15 is 0 Å². The number of nitrogens with zero attached hydrogens (tertiary/aromatic N) is 2. The van der Waals surface area contributed by atoms with Gasteiger partial charge in [-0.3, -0.25) is 0 Å². The molecule has 0 bridgehead atoms. The monoisotopic (exact) mass is 219 g/mol. The molecule has 0 spiro atoms. The normalized spacial score (nSPS) is 21.1. The van der Waals surface area contributed by atoms with Gasteiger partial charge in [0.25, 0.3) is 0 Å². The number of hydrogen-bond donors (Lipinski definition) is 1. The second kappa shape index (κ2) is 3.85. The maximum atomic E-state index is 6.05. The Morgan fingerprint density at radius 3 is 2.81 bits per heavy atom. The van der Waals surface area contributed by atoms with Crippen molar-refractivity contribution in [3.63, 3.8) is 0 Å². The fourth-order valence-corrected chi connectivity index (χ4v) is 1.82. The maximum absolute atomic E-state index is 6.05. The molecule has 0 radical (unpaired) electrons. The number of hydrogen-bond acceptors (Lipinski definition) is 2. The molecule has 2 fully saturated rings. The highest BCUT2D eigenvalue weighted by Gasteiger charge is 2.32. The Morgan fingerprint density at radius 2 is 2.25 bits per heavy atom. The van der Waals surface area contributed by atoms with Crippen LogP contribution >= 0.6 is 0 Å². The molecule has 4 nitrogen and oxygen atoms in total. The highest BCUT2D eigenvalue weighted by Crippen LogP contribution is 2.30. The van der Waals surface area contributed by atoms with Crippen LogP contribution in [0.25, 0.3) is 0 Å². The van der Waals surface area contributed by atoms with Gasteiger partial charge in [-0.25, -0.2) is 4.99 Å². The molecule has 0 amide bonds. The van der Waals surface area contributed by atoms with E-state index in [2.05, 4.69) is 9.89 Å². The Labute approximate surface area is 95.1 Å². The van der Waals surface area contributed by atoms with Gasteiger partial charge in [0.1, 0.15) is 5.76 Å². The molecule has 1 aromatic rings. The third-order valence-electron chi connectivity index (χ3n) is 3.05. The van der Waals surface area contributed by atoms with E-state index in [1.165, 1.54) is 25.7 Å². The van der Waals surface area contributed by atoms with Gasteiger partial charge in [0.2, 0.25) is 0 Å². The van der Waals surface area contributed by atoms with Crippen LogP contribution in [0.2, 0.25) is 0 Å². The van der Waals surface area contributed by atoms with Crippen molar-refractivity contribution in [2.24, 2.45) is 10.7 Å². The largest absolute Gasteiger partial charge is 0.467 e. The molecular formula is C12H17N3O. The Balaban J connectivity index is 1.70. The van der Waals surface area contributed by atoms with Crippen molar-refractivity contribution in [3.8, 4) is 0 Å². The maximum Gasteiger partial charge on any atom is 0.192 e. The summed E-state index contributed by atoms with van der Waals surface area (Å²) in [4.78, 5) is 6.69. The van der Waals surface area contributed by atoms with Crippen LogP contribution < -0.4 is 5.73 Å². The first-order valence-corrected chi connectivity index (χ1v) is 5.95. The molecule has 1 heterocycles. The van der Waals surface area contributed by atoms with Crippen molar-refractivity contribution in [2.75, 3.05) is 0 Å². The van der Waals surface area contributed by atoms with Crippen molar-refractivity contribution in [3.05, 3.63) is 24.2 Å². The van der Waals surface area contributed by atoms with Crippen molar-refractivity contribution >= 4 is 5.96 Å². The lowest BCUT2D eigenvalue weighted by atomic mass is 10.4. The highest BCUT2D eigenvalue weighted by atomic mass is 16.3. The summed E-state index contributed by atoms with van der Waals surface area (Å²) in [6.45, 7) is 0.750. The van der Waals surface area contributed by atoms with E-state index in [0.29, 0.717) is 18.0 Å². The van der Waals surface area contributed by atoms with Crippen LogP contribution in [-0.2, 0) is 6.54 Å². The van der Waals surface area contributed by atoms with Crippen LogP contribution in [0.5, 0.6) is 0 Å². The van der Waals surface area contributed by atoms with Gasteiger partial charge in [0.05, 0.1) is 18.8 Å². The van der Waals surface area contributed by atoms with E-state index in [1.54, 1.807) is 6.26 Å². The van der Waals surface area contributed by atoms with E-state index in [1.807, 2.05) is 12.1 Å². The summed E-state index contributed by atoms with van der Waals surface area (Å²) < 4.78 is 5.36. The molecule has 86 valence electrons. The first kappa shape index (κ1) is 9.75. The minimum atomic E-state index is 0.484. The molecule has 3 rings (SSSR count). The van der Waals surface area contributed by atoms with E-state index in [4.69, 9.17) is 10.2 Å². The quantitative estimate of drug-likeness (QED) is 0.619. The molecule has 0 atom stereocenters. The first-order chi connectivity index (χ1) is 7.83. The van der Waals surface area contributed by atoms with E-state index in [-0.39, 0.29) is 0 Å². The van der Waals surface area contributed by atoms with Gasteiger partial charge in [-0.15, -0.1) is 0 Å². The fraction of sp³-hybridized carbons (Fsp3) is 0.583. The predicted molar refractivity (Wildman–Crippen MR) is 61.9 cm³/mol. The average Bonchev–Trinajstić information content (AvgIpc) is 3.18. The average molecular weight is 219 g/mol. The zero-order valence-corrected chi connectivity index (χ0v) is 9.30. The molecule has 2 N–H and O–H groups in total. The number of furan rings is 1. The van der Waals surface area contributed by atoms with Gasteiger partial charge in [-0.1, -0.05) is 0 Å². The van der Waals surface area contributed by atoms with Gasteiger partial charge in [0, 0.05) is 6.04 Å². The third kappa shape index (κ3) is 2.21. The van der Waals surface area contributed by atoms with Crippen molar-refractivity contribution < 1.29 is 4.42 Å². The van der Waals surface area contributed by atoms with Gasteiger partial charge in [-0.2, -0.15) is 0 Å². The highest BCUT2D eigenvalue weighted by molar-refractivity contribution is 5.79. The third-order valence-corrected chi connectivity index (χ3v) is 3.05. The summed E-state index contributed by atoms with van der Waals surface area (Å²) >= 11 is 0. The van der Waals surface area contributed by atoms with Crippen molar-refractivity contribution in [2.45, 2.75) is 44.3 Å². The Kier molecular flexibility index (Phi) is 2.35. The lowest BCUT2D eigenvalue weighted by Crippen LogP contribution is -2.38. The summed E-state index contributed by atoms with van der Waals surface area (Å²) in [7, 11) is 0. The van der Waals surface area contributed by atoms with Gasteiger partial charge < -0.3 is 15.1 Å². The first-order valence-electron chi connectivity index (χ1n) is 5.95. The zero-order chi connectivity index (χ0) is 11.0. The SMILES string of the molecule is NC(=NC1CC1)N(Cc1ccco1)C1CC1. The van der Waals surface area contributed by atoms with Crippen LogP contribution in [0.3, 0.4) is 0 Å². The van der Waals surface area contributed by atoms with Gasteiger partial charge in [0.15, 0.2) is 5.96 Å². The topological polar surface area (TPSA) is 54.8 Å². The standard InChI is InChI=1S/C12H17N3O/c13-12(14-9-3-4-9)15(10-5-6-10)8-11-2-1-7-16-11/h1-2,7,9-10H,3-6,8H2,(H2,13,14). The summed E-state index contributed by atoms with van der Waals surface area (Å²) in [5, 5.41) is 0. The molecule has 0 unspecified atom stereocenters. The number of aliphatic imine (C=N–C) groups is 1. The van der Waals surface area contributed by atoms with Gasteiger partial charge >= 0.3 is 0 Å². The Hall–Kier alpha value is -1.45. The molecule has 2 saturated carbocycles. The van der Waals surface area contributed by atoms with Crippen molar-refractivity contribution in [1.29, 1.82) is 0 Å². The molecule has 0 aliphatic heterocycles. The van der Waals surface area contributed by atoms with E-state index in [0.717, 1.165) is 12.3 Å². The predicted octanol–water partition coefficient (Wildman–Crippen LogP) is 1.72. The second-order valence-electron chi connectivity index (χ2n) is 4.66. The van der Waals surface area contributed by atoms with Crippen LogP contribution in [0.4, 0.5) is 0 Å². The van der Waals surface area contributed by atoms with Crippen LogP contribution in [0, 0.1) is 0 Å². The second-order valence-corrected chi connectivity index (χ2v) is 4.66. The molecule has 4 heteroatoms. The minimum absolute atomic E-state index is 0.484. The molecule has 16 heavy (non-hydrogen) atoms. The lowest BCUT2D eigenvalue weighted by molar-refractivity contribution is 0.349. The summed E-state index contributed by atoms with van der Waals surface area (Å²) in [5.74, 6) is 1.65. The molecule has 0 saturated heterocycles. The number of rotatable bonds is 4. The number of guanidine groups is 1. The van der Waals surface area contributed by atoms with Crippen LogP contribution in [0.15, 0.2) is 27.8 Å². The Bertz CT molecular complexity index is 377. The summed E-state index contributed by atoms with van der Waals surface area (Å²) in [5.41, 5.74) is 6.05. The van der Waals surface area contributed by atoms with Crippen LogP contribution in [0.1, 0.15) is 31.4 Å². The summed E-state index contributed by atoms with van der Waals surface area (Å²) in [6, 6.07) is 4.96. The molecular weight excluding hydrogens is 202 g/mol. The van der Waals surface area contributed by atoms with E-state index in [9.17, 15) is 0 Å². The van der Waals surface area contributed by atoms with E-state index < -0.39 is 0 Å². The van der Waals surface area contributed by atoms with Crippen molar-refractivity contribution in [1.82, 2.24) is 4.90 Å². The fourth-order valence-electron chi connectivity index (χ4n) is 1.82. The zero-order valence-electron chi connectivity index (χ0n) is 9.30. The Morgan fingerprint density at radius 1 is 1.44 bits per heavy atom. The number of nitrogens with two attached hydrogens (primary N) is 1. The van der Waals surface area contributed by atoms with Crippen LogP contribution in [-0.4, -0.2) is 22.9 Å². The molecule has 2 aliphatic rings. The minimum Gasteiger partial charge on any atom is -0.467 e. The smallest absolute Gasteiger partial charge is 0.192 e. The molecule has 1 aromatic heterocycles. The summed E-state index contributed by atoms with van der Waals surface area (Å²) in [6.07, 6.45) is 6.54. The van der Waals surface area contributed by atoms with Gasteiger partial charge in [-0.05, 0) is 37.8 Å². The lowest BCUT2D eigenvalue weighted by Gasteiger charge is -2.22. The molecule has 2 aliphatic carbocycles.